The van der Waals surface area contributed by atoms with E-state index in [1.165, 1.54) is 0 Å². The molecule has 3 N–H and O–H groups in total. The van der Waals surface area contributed by atoms with Crippen molar-refractivity contribution in [1.29, 1.82) is 0 Å². The van der Waals surface area contributed by atoms with Crippen molar-refractivity contribution in [1.82, 2.24) is 15.0 Å². The number of hydrogen-bond acceptors (Lipinski definition) is 6. The van der Waals surface area contributed by atoms with Crippen LogP contribution in [0.2, 0.25) is 5.28 Å². The molecule has 1 aliphatic rings. The van der Waals surface area contributed by atoms with E-state index in [-0.39, 0.29) is 11.4 Å². The van der Waals surface area contributed by atoms with Crippen LogP contribution < -0.4 is 15.8 Å². The van der Waals surface area contributed by atoms with E-state index in [1.54, 1.807) is 30.6 Å². The van der Waals surface area contributed by atoms with Gasteiger partial charge in [-0.25, -0.2) is 15.0 Å². The molecule has 2 aromatic rings. The van der Waals surface area contributed by atoms with E-state index >= 15 is 0 Å². The molecule has 1 amide bonds. The van der Waals surface area contributed by atoms with Crippen molar-refractivity contribution in [2.24, 2.45) is 5.73 Å². The van der Waals surface area contributed by atoms with Crippen molar-refractivity contribution < 1.29 is 9.53 Å². The molecule has 126 valence electrons. The van der Waals surface area contributed by atoms with Gasteiger partial charge >= 0.3 is 0 Å². The molecule has 1 saturated carbocycles. The molecule has 0 aromatic carbocycles. The number of carbonyl (C=O) groups excluding carboxylic acids is 1. The Bertz CT molecular complexity index is 719. The van der Waals surface area contributed by atoms with Crippen LogP contribution in [-0.4, -0.2) is 33.0 Å². The second-order valence-electron chi connectivity index (χ2n) is 5.67. The van der Waals surface area contributed by atoms with Crippen molar-refractivity contribution >= 4 is 23.3 Å². The molecule has 2 heterocycles. The second-order valence-corrected chi connectivity index (χ2v) is 6.01. The molecule has 0 spiro atoms. The smallest absolute Gasteiger partial charge is 0.254 e. The fourth-order valence-corrected chi connectivity index (χ4v) is 2.93. The maximum atomic E-state index is 11.4. The van der Waals surface area contributed by atoms with E-state index in [4.69, 9.17) is 22.1 Å². The third-order valence-corrected chi connectivity index (χ3v) is 4.15. The van der Waals surface area contributed by atoms with E-state index in [9.17, 15) is 4.79 Å². The van der Waals surface area contributed by atoms with Gasteiger partial charge in [0.1, 0.15) is 17.5 Å². The Hall–Kier alpha value is -2.41. The molecule has 1 fully saturated rings. The lowest BCUT2D eigenvalue weighted by atomic mass is 9.93. The van der Waals surface area contributed by atoms with Gasteiger partial charge in [-0.2, -0.15) is 0 Å². The zero-order valence-electron chi connectivity index (χ0n) is 13.0. The third kappa shape index (κ3) is 4.11. The molecule has 3 rings (SSSR count). The predicted octanol–water partition coefficient (Wildman–Crippen LogP) is 2.43. The lowest BCUT2D eigenvalue weighted by molar-refractivity contribution is 0.0983. The van der Waals surface area contributed by atoms with Crippen LogP contribution in [0.5, 0.6) is 5.88 Å². The first kappa shape index (κ1) is 16.4. The summed E-state index contributed by atoms with van der Waals surface area (Å²) in [6.07, 6.45) is 6.78. The second kappa shape index (κ2) is 7.44. The average Bonchev–Trinajstić information content (AvgIpc) is 2.57. The highest BCUT2D eigenvalue weighted by Crippen LogP contribution is 2.26. The van der Waals surface area contributed by atoms with Gasteiger partial charge in [0.05, 0.1) is 0 Å². The Labute approximate surface area is 144 Å². The minimum atomic E-state index is -0.533. The van der Waals surface area contributed by atoms with Gasteiger partial charge in [-0.1, -0.05) is 0 Å². The molecule has 2 aromatic heterocycles. The summed E-state index contributed by atoms with van der Waals surface area (Å²) in [5, 5.41) is 3.58. The van der Waals surface area contributed by atoms with Gasteiger partial charge in [-0.3, -0.25) is 4.79 Å². The molecular weight excluding hydrogens is 330 g/mol. The first-order valence-corrected chi connectivity index (χ1v) is 8.16. The summed E-state index contributed by atoms with van der Waals surface area (Å²) in [6.45, 7) is 0. The Kier molecular flexibility index (Phi) is 5.10. The number of hydrogen-bond donors (Lipinski definition) is 2. The first-order chi connectivity index (χ1) is 11.6. The number of amides is 1. The van der Waals surface area contributed by atoms with E-state index in [0.717, 1.165) is 31.5 Å². The Morgan fingerprint density at radius 1 is 1.21 bits per heavy atom. The minimum Gasteiger partial charge on any atom is -0.474 e. The highest BCUT2D eigenvalue weighted by atomic mass is 35.5. The van der Waals surface area contributed by atoms with Crippen LogP contribution in [0.1, 0.15) is 36.0 Å². The number of nitrogens with zero attached hydrogens (tertiary/aromatic N) is 3. The first-order valence-electron chi connectivity index (χ1n) is 7.78. The maximum absolute atomic E-state index is 11.4. The summed E-state index contributed by atoms with van der Waals surface area (Å²) in [6, 6.07) is 5.38. The summed E-state index contributed by atoms with van der Waals surface area (Å²) in [7, 11) is 0. The van der Waals surface area contributed by atoms with Crippen LogP contribution in [0.3, 0.4) is 0 Å². The number of ether oxygens (including phenoxy) is 1. The summed E-state index contributed by atoms with van der Waals surface area (Å²) in [5.41, 5.74) is 5.66. The molecule has 0 atom stereocenters. The normalized spacial score (nSPS) is 20.4. The van der Waals surface area contributed by atoms with Crippen LogP contribution in [-0.2, 0) is 0 Å². The fraction of sp³-hybridized carbons (Fsp3) is 0.375. The van der Waals surface area contributed by atoms with Crippen LogP contribution in [0, 0.1) is 0 Å². The number of primary amides is 1. The third-order valence-electron chi connectivity index (χ3n) is 3.97. The molecule has 1 aliphatic carbocycles. The lowest BCUT2D eigenvalue weighted by Gasteiger charge is -2.29. The van der Waals surface area contributed by atoms with Crippen LogP contribution in [0.15, 0.2) is 30.6 Å². The Balaban J connectivity index is 1.55. The number of nitrogens with one attached hydrogen (secondary N) is 1. The largest absolute Gasteiger partial charge is 0.474 e. The number of anilines is 1. The SMILES string of the molecule is NC(=O)c1cccnc1OC1CCC(Nc2ccnc(Cl)n2)CC1. The number of carbonyl (C=O) groups is 1. The van der Waals surface area contributed by atoms with Crippen molar-refractivity contribution in [3.8, 4) is 5.88 Å². The summed E-state index contributed by atoms with van der Waals surface area (Å²) in [5.74, 6) is 0.498. The van der Waals surface area contributed by atoms with Crippen molar-refractivity contribution in [2.45, 2.75) is 37.8 Å². The van der Waals surface area contributed by atoms with E-state index in [2.05, 4.69) is 20.3 Å². The molecule has 0 bridgehead atoms. The molecule has 24 heavy (non-hydrogen) atoms. The van der Waals surface area contributed by atoms with Crippen LogP contribution in [0.25, 0.3) is 0 Å². The van der Waals surface area contributed by atoms with Gasteiger partial charge in [-0.05, 0) is 55.5 Å². The Morgan fingerprint density at radius 2 is 2.00 bits per heavy atom. The number of nitrogens with two attached hydrogens (primary N) is 1. The quantitative estimate of drug-likeness (QED) is 0.805. The van der Waals surface area contributed by atoms with Crippen molar-refractivity contribution in [2.75, 3.05) is 5.32 Å². The topological polar surface area (TPSA) is 103 Å². The summed E-state index contributed by atoms with van der Waals surface area (Å²) < 4.78 is 5.88. The van der Waals surface area contributed by atoms with Crippen LogP contribution >= 0.6 is 11.6 Å². The highest BCUT2D eigenvalue weighted by Gasteiger charge is 2.24. The number of pyridine rings is 1. The van der Waals surface area contributed by atoms with E-state index in [0.29, 0.717) is 17.5 Å². The molecule has 0 aliphatic heterocycles. The zero-order valence-corrected chi connectivity index (χ0v) is 13.7. The monoisotopic (exact) mass is 347 g/mol. The van der Waals surface area contributed by atoms with Crippen LogP contribution in [0.4, 0.5) is 5.82 Å². The van der Waals surface area contributed by atoms with Gasteiger partial charge in [0, 0.05) is 18.4 Å². The van der Waals surface area contributed by atoms with Gasteiger partial charge in [-0.15, -0.1) is 0 Å². The number of halogens is 1. The standard InChI is InChI=1S/C16H18ClN5O2/c17-16-20-9-7-13(22-16)21-10-3-5-11(6-4-10)24-15-12(14(18)23)2-1-8-19-15/h1-2,7-11H,3-6H2,(H2,18,23)(H,20,21,22). The lowest BCUT2D eigenvalue weighted by Crippen LogP contribution is -2.32. The summed E-state index contributed by atoms with van der Waals surface area (Å²) in [4.78, 5) is 23.5. The van der Waals surface area contributed by atoms with Gasteiger partial charge in [0.25, 0.3) is 5.91 Å². The van der Waals surface area contributed by atoms with Gasteiger partial charge in [0.15, 0.2) is 0 Å². The molecular formula is C16H18ClN5O2. The average molecular weight is 348 g/mol. The Morgan fingerprint density at radius 3 is 2.71 bits per heavy atom. The fourth-order valence-electron chi connectivity index (χ4n) is 2.78. The molecule has 8 heteroatoms. The molecule has 0 saturated heterocycles. The van der Waals surface area contributed by atoms with Gasteiger partial charge in [0.2, 0.25) is 11.2 Å². The predicted molar refractivity (Wildman–Crippen MR) is 90.1 cm³/mol. The number of rotatable bonds is 5. The highest BCUT2D eigenvalue weighted by molar-refractivity contribution is 6.28. The van der Waals surface area contributed by atoms with Gasteiger partial charge < -0.3 is 15.8 Å². The summed E-state index contributed by atoms with van der Waals surface area (Å²) >= 11 is 5.79. The maximum Gasteiger partial charge on any atom is 0.254 e. The van der Waals surface area contributed by atoms with E-state index in [1.807, 2.05) is 0 Å². The number of aromatic nitrogens is 3. The van der Waals surface area contributed by atoms with E-state index < -0.39 is 5.91 Å². The van der Waals surface area contributed by atoms with Crippen molar-refractivity contribution in [3.63, 3.8) is 0 Å². The molecule has 0 radical (unpaired) electrons. The van der Waals surface area contributed by atoms with Crippen molar-refractivity contribution in [3.05, 3.63) is 41.4 Å². The molecule has 7 nitrogen and oxygen atoms in total. The zero-order chi connectivity index (χ0) is 16.9. The molecule has 0 unspecified atom stereocenters. The minimum absolute atomic E-state index is 0.0186.